The molecule has 0 amide bonds. The molecular weight excluding hydrogens is 290 g/mol. The fraction of sp³-hybridized carbons (Fsp3) is 0.333. The van der Waals surface area contributed by atoms with Gasteiger partial charge >= 0.3 is 0 Å². The Morgan fingerprint density at radius 2 is 1.91 bits per heavy atom. The number of hydrogen-bond acceptors (Lipinski definition) is 2. The van der Waals surface area contributed by atoms with Crippen molar-refractivity contribution in [2.45, 2.75) is 38.6 Å². The maximum Gasteiger partial charge on any atom is 0.171 e. The van der Waals surface area contributed by atoms with Gasteiger partial charge in [-0.25, -0.2) is 0 Å². The van der Waals surface area contributed by atoms with Gasteiger partial charge in [-0.2, -0.15) is 0 Å². The zero-order chi connectivity index (χ0) is 16.0. The van der Waals surface area contributed by atoms with Gasteiger partial charge in [-0.05, 0) is 48.7 Å². The predicted molar refractivity (Wildman–Crippen MR) is 97.1 cm³/mol. The molecule has 0 aliphatic carbocycles. The quantitative estimate of drug-likeness (QED) is 0.814. The Kier molecular flexibility index (Phi) is 5.50. The molecule has 0 spiro atoms. The van der Waals surface area contributed by atoms with Crippen molar-refractivity contribution in [3.05, 3.63) is 60.4 Å². The zero-order valence-electron chi connectivity index (χ0n) is 13.3. The van der Waals surface area contributed by atoms with E-state index in [4.69, 9.17) is 12.2 Å². The van der Waals surface area contributed by atoms with Crippen LogP contribution in [0.4, 0.5) is 5.69 Å². The summed E-state index contributed by atoms with van der Waals surface area (Å²) in [6, 6.07) is 14.7. The fourth-order valence-corrected chi connectivity index (χ4v) is 2.97. The highest BCUT2D eigenvalue weighted by Gasteiger charge is 2.23. The molecule has 22 heavy (non-hydrogen) atoms. The Morgan fingerprint density at radius 1 is 1.18 bits per heavy atom. The predicted octanol–water partition coefficient (Wildman–Crippen LogP) is 4.12. The van der Waals surface area contributed by atoms with Gasteiger partial charge in [-0.3, -0.25) is 4.98 Å². The molecule has 0 saturated heterocycles. The first-order valence-corrected chi connectivity index (χ1v) is 7.91. The standard InChI is InChI=1S/C18H23N3S/c1-14(12-18(2,3)15-8-5-4-6-9-15)20-17(22)21-16-10-7-11-19-13-16/h4-11,13-14H,12H2,1-3H3,(H2,20,21,22)/t14-/m1/s1. The second-order valence-electron chi connectivity index (χ2n) is 6.20. The third-order valence-corrected chi connectivity index (χ3v) is 3.89. The van der Waals surface area contributed by atoms with Gasteiger partial charge in [0, 0.05) is 12.2 Å². The van der Waals surface area contributed by atoms with Crippen LogP contribution in [0, 0.1) is 0 Å². The van der Waals surface area contributed by atoms with E-state index in [1.807, 2.05) is 18.2 Å². The van der Waals surface area contributed by atoms with E-state index in [2.05, 4.69) is 60.7 Å². The first-order chi connectivity index (χ1) is 10.5. The van der Waals surface area contributed by atoms with Crippen LogP contribution >= 0.6 is 12.2 Å². The highest BCUT2D eigenvalue weighted by molar-refractivity contribution is 7.80. The summed E-state index contributed by atoms with van der Waals surface area (Å²) < 4.78 is 0. The van der Waals surface area contributed by atoms with E-state index in [1.54, 1.807) is 12.4 Å². The summed E-state index contributed by atoms with van der Waals surface area (Å²) in [5, 5.41) is 7.13. The van der Waals surface area contributed by atoms with Crippen molar-refractivity contribution in [3.63, 3.8) is 0 Å². The monoisotopic (exact) mass is 313 g/mol. The molecule has 1 aromatic carbocycles. The number of pyridine rings is 1. The minimum Gasteiger partial charge on any atom is -0.360 e. The minimum atomic E-state index is 0.0948. The average molecular weight is 313 g/mol. The summed E-state index contributed by atoms with van der Waals surface area (Å²) in [6.45, 7) is 6.68. The van der Waals surface area contributed by atoms with Crippen molar-refractivity contribution < 1.29 is 0 Å². The zero-order valence-corrected chi connectivity index (χ0v) is 14.2. The SMILES string of the molecule is C[C@H](CC(C)(C)c1ccccc1)NC(=S)Nc1cccnc1. The van der Waals surface area contributed by atoms with Gasteiger partial charge < -0.3 is 10.6 Å². The Bertz CT molecular complexity index is 596. The largest absolute Gasteiger partial charge is 0.360 e. The molecule has 2 rings (SSSR count). The lowest BCUT2D eigenvalue weighted by Gasteiger charge is -2.29. The molecule has 0 unspecified atom stereocenters. The Balaban J connectivity index is 1.89. The molecule has 4 heteroatoms. The number of anilines is 1. The number of thiocarbonyl (C=S) groups is 1. The lowest BCUT2D eigenvalue weighted by molar-refractivity contribution is 0.420. The molecule has 0 aliphatic rings. The highest BCUT2D eigenvalue weighted by Crippen LogP contribution is 2.28. The molecule has 0 aliphatic heterocycles. The van der Waals surface area contributed by atoms with Crippen LogP contribution in [-0.2, 0) is 5.41 Å². The third-order valence-electron chi connectivity index (χ3n) is 3.67. The van der Waals surface area contributed by atoms with E-state index >= 15 is 0 Å². The second kappa shape index (κ2) is 7.36. The van der Waals surface area contributed by atoms with Crippen molar-refractivity contribution in [2.75, 3.05) is 5.32 Å². The molecule has 2 aromatic rings. The number of aromatic nitrogens is 1. The van der Waals surface area contributed by atoms with Crippen LogP contribution in [0.3, 0.4) is 0 Å². The maximum absolute atomic E-state index is 5.37. The van der Waals surface area contributed by atoms with Gasteiger partial charge in [0.2, 0.25) is 0 Å². The van der Waals surface area contributed by atoms with Gasteiger partial charge in [0.05, 0.1) is 11.9 Å². The van der Waals surface area contributed by atoms with Gasteiger partial charge in [-0.1, -0.05) is 44.2 Å². The summed E-state index contributed by atoms with van der Waals surface area (Å²) in [7, 11) is 0. The van der Waals surface area contributed by atoms with Crippen molar-refractivity contribution in [3.8, 4) is 0 Å². The van der Waals surface area contributed by atoms with Crippen LogP contribution < -0.4 is 10.6 Å². The van der Waals surface area contributed by atoms with E-state index in [-0.39, 0.29) is 11.5 Å². The summed E-state index contributed by atoms with van der Waals surface area (Å²) in [4.78, 5) is 4.07. The number of hydrogen-bond donors (Lipinski definition) is 2. The first kappa shape index (κ1) is 16.4. The van der Waals surface area contributed by atoms with Crippen LogP contribution in [0.25, 0.3) is 0 Å². The van der Waals surface area contributed by atoms with Crippen LogP contribution in [0.5, 0.6) is 0 Å². The van der Waals surface area contributed by atoms with Crippen molar-refractivity contribution in [2.24, 2.45) is 0 Å². The van der Waals surface area contributed by atoms with E-state index in [1.165, 1.54) is 5.56 Å². The molecule has 1 aromatic heterocycles. The molecule has 116 valence electrons. The number of rotatable bonds is 5. The summed E-state index contributed by atoms with van der Waals surface area (Å²) in [5.74, 6) is 0. The smallest absolute Gasteiger partial charge is 0.171 e. The summed E-state index contributed by atoms with van der Waals surface area (Å²) >= 11 is 5.37. The molecule has 0 radical (unpaired) electrons. The molecule has 1 heterocycles. The number of nitrogens with one attached hydrogen (secondary N) is 2. The van der Waals surface area contributed by atoms with Gasteiger partial charge in [0.25, 0.3) is 0 Å². The first-order valence-electron chi connectivity index (χ1n) is 7.50. The lowest BCUT2D eigenvalue weighted by atomic mass is 9.79. The van der Waals surface area contributed by atoms with Gasteiger partial charge in [0.1, 0.15) is 0 Å². The number of nitrogens with zero attached hydrogens (tertiary/aromatic N) is 1. The lowest BCUT2D eigenvalue weighted by Crippen LogP contribution is -2.39. The van der Waals surface area contributed by atoms with Crippen LogP contribution in [-0.4, -0.2) is 16.1 Å². The Labute approximate surface area is 138 Å². The second-order valence-corrected chi connectivity index (χ2v) is 6.60. The molecule has 0 fully saturated rings. The molecule has 0 bridgehead atoms. The van der Waals surface area contributed by atoms with E-state index in [9.17, 15) is 0 Å². The van der Waals surface area contributed by atoms with E-state index in [0.29, 0.717) is 5.11 Å². The minimum absolute atomic E-state index is 0.0948. The summed E-state index contributed by atoms with van der Waals surface area (Å²) in [5.41, 5.74) is 2.33. The van der Waals surface area contributed by atoms with Gasteiger partial charge in [0.15, 0.2) is 5.11 Å². The Hall–Kier alpha value is -1.94. The topological polar surface area (TPSA) is 37.0 Å². The molecule has 1 atom stereocenters. The fourth-order valence-electron chi connectivity index (χ4n) is 2.65. The van der Waals surface area contributed by atoms with Gasteiger partial charge in [-0.15, -0.1) is 0 Å². The van der Waals surface area contributed by atoms with E-state index < -0.39 is 0 Å². The third kappa shape index (κ3) is 4.81. The van der Waals surface area contributed by atoms with Crippen molar-refractivity contribution >= 4 is 23.0 Å². The summed E-state index contributed by atoms with van der Waals surface area (Å²) in [6.07, 6.45) is 4.49. The molecule has 0 saturated carbocycles. The van der Waals surface area contributed by atoms with Crippen LogP contribution in [0.15, 0.2) is 54.9 Å². The normalized spacial score (nSPS) is 12.5. The number of benzene rings is 1. The van der Waals surface area contributed by atoms with Crippen molar-refractivity contribution in [1.29, 1.82) is 0 Å². The average Bonchev–Trinajstić information content (AvgIpc) is 2.48. The van der Waals surface area contributed by atoms with Crippen LogP contribution in [0.2, 0.25) is 0 Å². The highest BCUT2D eigenvalue weighted by atomic mass is 32.1. The molecule has 3 nitrogen and oxygen atoms in total. The Morgan fingerprint density at radius 3 is 2.55 bits per heavy atom. The molecule has 2 N–H and O–H groups in total. The van der Waals surface area contributed by atoms with Crippen molar-refractivity contribution in [1.82, 2.24) is 10.3 Å². The molecular formula is C18H23N3S. The van der Waals surface area contributed by atoms with E-state index in [0.717, 1.165) is 12.1 Å². The maximum atomic E-state index is 5.37. The van der Waals surface area contributed by atoms with Crippen LogP contribution in [0.1, 0.15) is 32.8 Å².